The number of halogens is 1. The van der Waals surface area contributed by atoms with Crippen molar-refractivity contribution >= 4 is 22.9 Å². The number of hydrogen-bond acceptors (Lipinski definition) is 2. The number of thiophene rings is 1. The van der Waals surface area contributed by atoms with Gasteiger partial charge in [0.25, 0.3) is 0 Å². The second-order valence-electron chi connectivity index (χ2n) is 4.87. The molecule has 0 aliphatic rings. The first-order valence-corrected chi connectivity index (χ1v) is 7.93. The zero-order valence-corrected chi connectivity index (χ0v) is 13.2. The Labute approximate surface area is 124 Å². The van der Waals surface area contributed by atoms with E-state index in [2.05, 4.69) is 49.7 Å². The van der Waals surface area contributed by atoms with Crippen molar-refractivity contribution in [1.82, 2.24) is 5.32 Å². The molecule has 0 spiro atoms. The van der Waals surface area contributed by atoms with Crippen LogP contribution in [0.4, 0.5) is 0 Å². The first-order chi connectivity index (χ1) is 9.11. The van der Waals surface area contributed by atoms with E-state index in [1.165, 1.54) is 16.0 Å². The van der Waals surface area contributed by atoms with Gasteiger partial charge in [0, 0.05) is 22.0 Å². The molecule has 1 heterocycles. The quantitative estimate of drug-likeness (QED) is 0.766. The van der Waals surface area contributed by atoms with Crippen LogP contribution in [-0.2, 0) is 0 Å². The Morgan fingerprint density at radius 2 is 2.11 bits per heavy atom. The maximum absolute atomic E-state index is 6.08. The molecule has 0 aliphatic carbocycles. The van der Waals surface area contributed by atoms with Crippen molar-refractivity contribution in [3.63, 3.8) is 0 Å². The van der Waals surface area contributed by atoms with E-state index >= 15 is 0 Å². The van der Waals surface area contributed by atoms with Crippen LogP contribution in [0.15, 0.2) is 35.7 Å². The second kappa shape index (κ2) is 6.56. The lowest BCUT2D eigenvalue weighted by molar-refractivity contribution is 0.460. The van der Waals surface area contributed by atoms with Gasteiger partial charge in [-0.1, -0.05) is 30.7 Å². The SMILES string of the molecule is CCC(NC(C)c1sccc1C)c1cccc(Cl)c1. The molecule has 1 N–H and O–H groups in total. The monoisotopic (exact) mass is 293 g/mol. The molecule has 1 nitrogen and oxygen atoms in total. The molecule has 102 valence electrons. The minimum Gasteiger partial charge on any atom is -0.303 e. The fourth-order valence-corrected chi connectivity index (χ4v) is 3.52. The van der Waals surface area contributed by atoms with Crippen LogP contribution in [0.5, 0.6) is 0 Å². The summed E-state index contributed by atoms with van der Waals surface area (Å²) < 4.78 is 0. The molecule has 1 aromatic heterocycles. The Morgan fingerprint density at radius 3 is 2.68 bits per heavy atom. The van der Waals surface area contributed by atoms with E-state index in [0.717, 1.165) is 11.4 Å². The Hall–Kier alpha value is -0.830. The maximum Gasteiger partial charge on any atom is 0.0409 e. The molecule has 19 heavy (non-hydrogen) atoms. The Balaban J connectivity index is 2.13. The molecule has 0 aliphatic heterocycles. The largest absolute Gasteiger partial charge is 0.303 e. The van der Waals surface area contributed by atoms with E-state index < -0.39 is 0 Å². The van der Waals surface area contributed by atoms with Gasteiger partial charge >= 0.3 is 0 Å². The summed E-state index contributed by atoms with van der Waals surface area (Å²) in [6, 6.07) is 11.0. The van der Waals surface area contributed by atoms with E-state index in [9.17, 15) is 0 Å². The highest BCUT2D eigenvalue weighted by Crippen LogP contribution is 2.28. The number of rotatable bonds is 5. The van der Waals surface area contributed by atoms with Gasteiger partial charge in [0.2, 0.25) is 0 Å². The summed E-state index contributed by atoms with van der Waals surface area (Å²) in [4.78, 5) is 1.42. The van der Waals surface area contributed by atoms with Crippen LogP contribution >= 0.6 is 22.9 Å². The van der Waals surface area contributed by atoms with E-state index in [1.54, 1.807) is 0 Å². The highest BCUT2D eigenvalue weighted by atomic mass is 35.5. The molecule has 0 amide bonds. The van der Waals surface area contributed by atoms with Crippen LogP contribution in [0.3, 0.4) is 0 Å². The minimum atomic E-state index is 0.343. The summed E-state index contributed by atoms with van der Waals surface area (Å²) >= 11 is 7.90. The van der Waals surface area contributed by atoms with Crippen LogP contribution < -0.4 is 5.32 Å². The van der Waals surface area contributed by atoms with Gasteiger partial charge < -0.3 is 5.32 Å². The third-order valence-electron chi connectivity index (χ3n) is 3.41. The van der Waals surface area contributed by atoms with Crippen molar-refractivity contribution in [3.05, 3.63) is 56.7 Å². The number of nitrogens with one attached hydrogen (secondary N) is 1. The van der Waals surface area contributed by atoms with Crippen LogP contribution in [-0.4, -0.2) is 0 Å². The van der Waals surface area contributed by atoms with Crippen molar-refractivity contribution in [2.24, 2.45) is 0 Å². The maximum atomic E-state index is 6.08. The zero-order chi connectivity index (χ0) is 13.8. The molecule has 3 heteroatoms. The summed E-state index contributed by atoms with van der Waals surface area (Å²) in [5.74, 6) is 0. The molecule has 2 aromatic rings. The molecule has 2 rings (SSSR count). The molecular weight excluding hydrogens is 274 g/mol. The summed E-state index contributed by atoms with van der Waals surface area (Å²) in [7, 11) is 0. The zero-order valence-electron chi connectivity index (χ0n) is 11.6. The average Bonchev–Trinajstić information content (AvgIpc) is 2.82. The fraction of sp³-hybridized carbons (Fsp3) is 0.375. The topological polar surface area (TPSA) is 12.0 Å². The Kier molecular flexibility index (Phi) is 5.03. The van der Waals surface area contributed by atoms with Gasteiger partial charge in [-0.05, 0) is 55.0 Å². The lowest BCUT2D eigenvalue weighted by Gasteiger charge is -2.23. The predicted molar refractivity (Wildman–Crippen MR) is 85.1 cm³/mol. The third kappa shape index (κ3) is 3.59. The van der Waals surface area contributed by atoms with Gasteiger partial charge in [0.05, 0.1) is 0 Å². The molecule has 0 saturated heterocycles. The number of hydrogen-bond donors (Lipinski definition) is 1. The molecule has 0 fully saturated rings. The molecule has 1 aromatic carbocycles. The average molecular weight is 294 g/mol. The predicted octanol–water partition coefficient (Wildman–Crippen LogP) is 5.51. The summed E-state index contributed by atoms with van der Waals surface area (Å²) in [6.45, 7) is 6.60. The van der Waals surface area contributed by atoms with E-state index in [4.69, 9.17) is 11.6 Å². The van der Waals surface area contributed by atoms with E-state index in [0.29, 0.717) is 12.1 Å². The standard InChI is InChI=1S/C16H20ClNS/c1-4-15(13-6-5-7-14(17)10-13)18-12(3)16-11(2)8-9-19-16/h5-10,12,15,18H,4H2,1-3H3. The van der Waals surface area contributed by atoms with E-state index in [1.807, 2.05) is 23.5 Å². The molecule has 0 saturated carbocycles. The summed E-state index contributed by atoms with van der Waals surface area (Å²) in [6.07, 6.45) is 1.05. The lowest BCUT2D eigenvalue weighted by atomic mass is 10.0. The van der Waals surface area contributed by atoms with Crippen LogP contribution in [0.1, 0.15) is 48.4 Å². The summed E-state index contributed by atoms with van der Waals surface area (Å²) in [5, 5.41) is 6.66. The van der Waals surface area contributed by atoms with Gasteiger partial charge in [-0.3, -0.25) is 0 Å². The van der Waals surface area contributed by atoms with Gasteiger partial charge in [-0.15, -0.1) is 11.3 Å². The van der Waals surface area contributed by atoms with Crippen molar-refractivity contribution in [2.45, 2.75) is 39.3 Å². The van der Waals surface area contributed by atoms with Crippen LogP contribution in [0.25, 0.3) is 0 Å². The highest BCUT2D eigenvalue weighted by molar-refractivity contribution is 7.10. The Bertz CT molecular complexity index is 535. The van der Waals surface area contributed by atoms with Crippen molar-refractivity contribution < 1.29 is 0 Å². The minimum absolute atomic E-state index is 0.343. The first-order valence-electron chi connectivity index (χ1n) is 6.67. The molecular formula is C16H20ClNS. The van der Waals surface area contributed by atoms with Crippen molar-refractivity contribution in [2.75, 3.05) is 0 Å². The molecule has 0 bridgehead atoms. The van der Waals surface area contributed by atoms with E-state index in [-0.39, 0.29) is 0 Å². The molecule has 0 radical (unpaired) electrons. The van der Waals surface area contributed by atoms with Gasteiger partial charge in [-0.25, -0.2) is 0 Å². The van der Waals surface area contributed by atoms with Crippen molar-refractivity contribution in [3.8, 4) is 0 Å². The highest BCUT2D eigenvalue weighted by Gasteiger charge is 2.16. The van der Waals surface area contributed by atoms with Gasteiger partial charge in [0.15, 0.2) is 0 Å². The lowest BCUT2D eigenvalue weighted by Crippen LogP contribution is -2.24. The smallest absolute Gasteiger partial charge is 0.0409 e. The normalized spacial score (nSPS) is 14.3. The number of benzene rings is 1. The summed E-state index contributed by atoms with van der Waals surface area (Å²) in [5.41, 5.74) is 2.63. The fourth-order valence-electron chi connectivity index (χ4n) is 2.38. The molecule has 2 unspecified atom stereocenters. The molecule has 2 atom stereocenters. The Morgan fingerprint density at radius 1 is 1.32 bits per heavy atom. The first kappa shape index (κ1) is 14.6. The van der Waals surface area contributed by atoms with Crippen LogP contribution in [0, 0.1) is 6.92 Å². The number of aryl methyl sites for hydroxylation is 1. The van der Waals surface area contributed by atoms with Gasteiger partial charge in [-0.2, -0.15) is 0 Å². The van der Waals surface area contributed by atoms with Gasteiger partial charge in [0.1, 0.15) is 0 Å². The second-order valence-corrected chi connectivity index (χ2v) is 6.26. The third-order valence-corrected chi connectivity index (χ3v) is 4.84. The van der Waals surface area contributed by atoms with Crippen molar-refractivity contribution in [1.29, 1.82) is 0 Å². The van der Waals surface area contributed by atoms with Crippen LogP contribution in [0.2, 0.25) is 5.02 Å².